The molecule has 0 aliphatic rings. The van der Waals surface area contributed by atoms with Gasteiger partial charge in [-0.25, -0.2) is 0 Å². The van der Waals surface area contributed by atoms with Crippen LogP contribution in [0.2, 0.25) is 0 Å². The molecule has 0 aliphatic carbocycles. The number of phenols is 6. The highest BCUT2D eigenvalue weighted by atomic mass is 16.4. The molecule has 0 saturated heterocycles. The van der Waals surface area contributed by atoms with Gasteiger partial charge in [0.2, 0.25) is 22.4 Å². The number of phenolic OH excluding ortho intramolecular Hbond substituents is 6. The van der Waals surface area contributed by atoms with Crippen molar-refractivity contribution in [1.82, 2.24) is 0 Å². The summed E-state index contributed by atoms with van der Waals surface area (Å²) < 4.78 is 12.3. The molecule has 0 fully saturated rings. The van der Waals surface area contributed by atoms with Gasteiger partial charge in [0.1, 0.15) is 33.5 Å². The van der Waals surface area contributed by atoms with Crippen LogP contribution in [0.25, 0.3) is 44.2 Å². The van der Waals surface area contributed by atoms with Crippen molar-refractivity contribution in [1.29, 1.82) is 0 Å². The van der Waals surface area contributed by atoms with Gasteiger partial charge in [0.05, 0.1) is 11.1 Å². The topological polar surface area (TPSA) is 182 Å². The summed E-state index contributed by atoms with van der Waals surface area (Å²) in [6, 6.07) is 6.45. The Morgan fingerprint density at radius 2 is 0.870 bits per heavy atom. The second kappa shape index (κ2) is 12.0. The van der Waals surface area contributed by atoms with Crippen molar-refractivity contribution in [3.05, 3.63) is 67.4 Å². The van der Waals surface area contributed by atoms with Crippen LogP contribution in [0.15, 0.2) is 42.7 Å². The molecule has 3 aromatic carbocycles. The van der Waals surface area contributed by atoms with Crippen molar-refractivity contribution in [2.24, 2.45) is 11.8 Å². The number of hydrogen-bond acceptors (Lipinski definition) is 10. The third-order valence-corrected chi connectivity index (χ3v) is 8.19. The van der Waals surface area contributed by atoms with Crippen LogP contribution >= 0.6 is 0 Å². The van der Waals surface area contributed by atoms with Crippen LogP contribution in [0.5, 0.6) is 34.5 Å². The maximum absolute atomic E-state index is 13.9. The summed E-state index contributed by atoms with van der Waals surface area (Å²) >= 11 is 0. The fourth-order valence-corrected chi connectivity index (χ4v) is 6.06. The summed E-state index contributed by atoms with van der Waals surface area (Å²) in [4.78, 5) is 27.9. The summed E-state index contributed by atoms with van der Waals surface area (Å²) in [7, 11) is 0. The summed E-state index contributed by atoms with van der Waals surface area (Å²) in [5.41, 5.74) is 0.411. The standard InChI is InChI=1S/C36H38O10/c1-7-21-23(29(39)25-31(41)33(43)27(37)19(13-15(3)4)35(25)45-21)17-9-11-18(12-10-17)24-22(8-2)46-36-20(14-16(5)6)28(38)34(44)32(42)26(36)30(24)40/h9-12,15-16,37-38,41-44H,7-8,13-14H2,1-6H3. The fourth-order valence-electron chi connectivity index (χ4n) is 6.06. The Labute approximate surface area is 264 Å². The molecule has 0 amide bonds. The SMILES string of the molecule is CCc1oc2c(CC(C)C)c(O)c(O)c(O)c2c(=O)c1-c1ccc(-c2c(CC)oc3c(CC(C)C)c(O)c(O)c(O)c3c2=O)cc1. The lowest BCUT2D eigenvalue weighted by Crippen LogP contribution is -2.12. The van der Waals surface area contributed by atoms with Crippen LogP contribution < -0.4 is 10.9 Å². The molecule has 242 valence electrons. The first-order valence-electron chi connectivity index (χ1n) is 15.3. The molecule has 0 bridgehead atoms. The second-order valence-corrected chi connectivity index (χ2v) is 12.4. The molecule has 0 spiro atoms. The summed E-state index contributed by atoms with van der Waals surface area (Å²) in [5.74, 6) is -3.52. The Hall–Kier alpha value is -5.12. The van der Waals surface area contributed by atoms with Gasteiger partial charge in [-0.05, 0) is 35.8 Å². The largest absolute Gasteiger partial charge is 0.504 e. The number of aryl methyl sites for hydroxylation is 2. The van der Waals surface area contributed by atoms with Crippen molar-refractivity contribution in [3.8, 4) is 56.8 Å². The predicted octanol–water partition coefficient (Wildman–Crippen LogP) is 6.99. The molecule has 2 heterocycles. The molecule has 5 aromatic rings. The van der Waals surface area contributed by atoms with Crippen LogP contribution in [0.1, 0.15) is 64.2 Å². The first-order valence-corrected chi connectivity index (χ1v) is 15.3. The van der Waals surface area contributed by atoms with E-state index in [1.165, 1.54) is 0 Å². The van der Waals surface area contributed by atoms with Crippen molar-refractivity contribution in [3.63, 3.8) is 0 Å². The zero-order valence-corrected chi connectivity index (χ0v) is 26.6. The second-order valence-electron chi connectivity index (χ2n) is 12.4. The molecule has 46 heavy (non-hydrogen) atoms. The molecular formula is C36H38O10. The average molecular weight is 631 g/mol. The molecule has 0 saturated carbocycles. The highest BCUT2D eigenvalue weighted by Crippen LogP contribution is 2.47. The summed E-state index contributed by atoms with van der Waals surface area (Å²) in [6.07, 6.45) is 1.18. The van der Waals surface area contributed by atoms with E-state index in [0.29, 0.717) is 35.5 Å². The first-order chi connectivity index (χ1) is 21.7. The van der Waals surface area contributed by atoms with Gasteiger partial charge in [-0.15, -0.1) is 0 Å². The van der Waals surface area contributed by atoms with Crippen LogP contribution in [-0.4, -0.2) is 30.6 Å². The lowest BCUT2D eigenvalue weighted by molar-refractivity contribution is 0.365. The highest BCUT2D eigenvalue weighted by Gasteiger charge is 2.28. The van der Waals surface area contributed by atoms with E-state index in [-0.39, 0.29) is 68.9 Å². The number of benzene rings is 3. The van der Waals surface area contributed by atoms with Gasteiger partial charge in [0.15, 0.2) is 23.0 Å². The predicted molar refractivity (Wildman–Crippen MR) is 175 cm³/mol. The van der Waals surface area contributed by atoms with Gasteiger partial charge < -0.3 is 39.5 Å². The van der Waals surface area contributed by atoms with Crippen LogP contribution in [-0.2, 0) is 25.7 Å². The molecule has 0 atom stereocenters. The monoisotopic (exact) mass is 630 g/mol. The van der Waals surface area contributed by atoms with E-state index in [1.807, 2.05) is 27.7 Å². The molecule has 0 aliphatic heterocycles. The van der Waals surface area contributed by atoms with Gasteiger partial charge in [-0.2, -0.15) is 0 Å². The van der Waals surface area contributed by atoms with E-state index in [0.717, 1.165) is 0 Å². The summed E-state index contributed by atoms with van der Waals surface area (Å²) in [6.45, 7) is 11.2. The van der Waals surface area contributed by atoms with Crippen molar-refractivity contribution < 1.29 is 39.5 Å². The Balaban J connectivity index is 1.74. The van der Waals surface area contributed by atoms with E-state index in [1.54, 1.807) is 38.1 Å². The Kier molecular flexibility index (Phi) is 8.42. The maximum atomic E-state index is 13.9. The quantitative estimate of drug-likeness (QED) is 0.0978. The lowest BCUT2D eigenvalue weighted by atomic mass is 9.93. The zero-order valence-electron chi connectivity index (χ0n) is 26.6. The molecule has 0 unspecified atom stereocenters. The van der Waals surface area contributed by atoms with Gasteiger partial charge in [-0.1, -0.05) is 65.8 Å². The molecule has 5 rings (SSSR count). The number of fused-ring (bicyclic) bond motifs is 2. The van der Waals surface area contributed by atoms with E-state index in [2.05, 4.69) is 0 Å². The van der Waals surface area contributed by atoms with Gasteiger partial charge in [0, 0.05) is 24.0 Å². The minimum Gasteiger partial charge on any atom is -0.504 e. The van der Waals surface area contributed by atoms with Crippen molar-refractivity contribution in [2.75, 3.05) is 0 Å². The number of aromatic hydroxyl groups is 6. The minimum absolute atomic E-state index is 0.0102. The van der Waals surface area contributed by atoms with Crippen molar-refractivity contribution in [2.45, 2.75) is 67.2 Å². The Bertz CT molecular complexity index is 1960. The van der Waals surface area contributed by atoms with Gasteiger partial charge in [0.25, 0.3) is 0 Å². The fraction of sp³-hybridized carbons (Fsp3) is 0.333. The highest BCUT2D eigenvalue weighted by molar-refractivity contribution is 5.96. The first kappa shape index (κ1) is 32.3. The average Bonchev–Trinajstić information content (AvgIpc) is 3.02. The number of rotatable bonds is 8. The van der Waals surface area contributed by atoms with E-state index in [9.17, 15) is 40.2 Å². The van der Waals surface area contributed by atoms with Crippen LogP contribution in [0, 0.1) is 11.8 Å². The normalized spacial score (nSPS) is 11.8. The van der Waals surface area contributed by atoms with Gasteiger partial charge in [-0.3, -0.25) is 9.59 Å². The van der Waals surface area contributed by atoms with Crippen LogP contribution in [0.4, 0.5) is 0 Å². The van der Waals surface area contributed by atoms with E-state index >= 15 is 0 Å². The molecule has 6 N–H and O–H groups in total. The lowest BCUT2D eigenvalue weighted by Gasteiger charge is -2.17. The molecule has 0 radical (unpaired) electrons. The molecule has 2 aromatic heterocycles. The smallest absolute Gasteiger partial charge is 0.204 e. The third kappa shape index (κ3) is 5.07. The van der Waals surface area contributed by atoms with E-state index < -0.39 is 45.4 Å². The Morgan fingerprint density at radius 1 is 0.543 bits per heavy atom. The minimum atomic E-state index is -0.796. The third-order valence-electron chi connectivity index (χ3n) is 8.19. The maximum Gasteiger partial charge on any atom is 0.204 e. The molecular weight excluding hydrogens is 592 g/mol. The summed E-state index contributed by atoms with van der Waals surface area (Å²) in [5, 5.41) is 63.1. The Morgan fingerprint density at radius 3 is 1.15 bits per heavy atom. The van der Waals surface area contributed by atoms with E-state index in [4.69, 9.17) is 8.83 Å². The van der Waals surface area contributed by atoms with Crippen molar-refractivity contribution >= 4 is 21.9 Å². The molecule has 10 heteroatoms. The zero-order chi connectivity index (χ0) is 33.8. The number of hydrogen-bond donors (Lipinski definition) is 6. The van der Waals surface area contributed by atoms with Gasteiger partial charge >= 0.3 is 0 Å². The molecule has 10 nitrogen and oxygen atoms in total. The van der Waals surface area contributed by atoms with Crippen LogP contribution in [0.3, 0.4) is 0 Å².